The lowest BCUT2D eigenvalue weighted by molar-refractivity contribution is -0.147. The van der Waals surface area contributed by atoms with E-state index in [0.717, 1.165) is 80.2 Å². The second kappa shape index (κ2) is 26.6. The molecule has 0 spiro atoms. The quantitative estimate of drug-likeness (QED) is 0.0218. The molecule has 10 N–H and O–H groups in total. The topological polar surface area (TPSA) is 310 Å². The number of carbonyl (C=O) groups excluding carboxylic acids is 4. The van der Waals surface area contributed by atoms with Crippen LogP contribution in [-0.2, 0) is 45.4 Å². The Labute approximate surface area is 422 Å². The van der Waals surface area contributed by atoms with Crippen LogP contribution in [0.15, 0.2) is 91.4 Å². The Hall–Kier alpha value is -8.49. The smallest absolute Gasteiger partial charge is 0.328 e. The van der Waals surface area contributed by atoms with Crippen molar-refractivity contribution >= 4 is 69.4 Å². The van der Waals surface area contributed by atoms with Crippen molar-refractivity contribution in [2.45, 2.75) is 109 Å². The van der Waals surface area contributed by atoms with Crippen LogP contribution in [0.4, 0.5) is 23.4 Å². The van der Waals surface area contributed by atoms with Gasteiger partial charge in [0.25, 0.3) is 5.91 Å². The van der Waals surface area contributed by atoms with Gasteiger partial charge in [-0.25, -0.2) is 19.7 Å². The molecule has 0 fully saturated rings. The Morgan fingerprint density at radius 2 is 1.33 bits per heavy atom. The molecule has 21 nitrogen and oxygen atoms in total. The molecular weight excluding hydrogens is 931 g/mol. The minimum Gasteiger partial charge on any atom is -0.471 e. The van der Waals surface area contributed by atoms with Crippen LogP contribution in [0.1, 0.15) is 110 Å². The Morgan fingerprint density at radius 1 is 0.671 bits per heavy atom. The second-order valence-corrected chi connectivity index (χ2v) is 17.7. The van der Waals surface area contributed by atoms with Crippen molar-refractivity contribution < 1.29 is 28.7 Å². The number of fused-ring (bicyclic) bond motifs is 2. The van der Waals surface area contributed by atoms with E-state index in [1.165, 1.54) is 6.33 Å². The number of imidazole rings is 1. The van der Waals surface area contributed by atoms with Crippen LogP contribution in [0.2, 0.25) is 0 Å². The van der Waals surface area contributed by atoms with E-state index in [4.69, 9.17) is 26.7 Å². The molecule has 0 saturated heterocycles. The van der Waals surface area contributed by atoms with Gasteiger partial charge >= 0.3 is 5.97 Å². The SMILES string of the molecule is CN(Cc1cnc2nc(N)nc(N)c2n1)c1ccc(C(=O)NC(CCC(=O)NCCCCCCCCCCCC(=O)NCc2ccc(COc3nc(N)nc4nc[nH]c34)cc2)C(=O)OCc2ccccc2)cc1. The van der Waals surface area contributed by atoms with Crippen molar-refractivity contribution in [1.82, 2.24) is 55.8 Å². The molecule has 0 aliphatic heterocycles. The first-order valence-electron chi connectivity index (χ1n) is 24.5. The Balaban J connectivity index is 0.736. The van der Waals surface area contributed by atoms with Gasteiger partial charge in [0.15, 0.2) is 22.6 Å². The van der Waals surface area contributed by atoms with Gasteiger partial charge in [0.2, 0.25) is 29.6 Å². The third-order valence-electron chi connectivity index (χ3n) is 12.0. The maximum atomic E-state index is 13.5. The number of esters is 1. The lowest BCUT2D eigenvalue weighted by Gasteiger charge is -2.20. The van der Waals surface area contributed by atoms with Crippen molar-refractivity contribution in [3.8, 4) is 5.88 Å². The van der Waals surface area contributed by atoms with Crippen molar-refractivity contribution in [2.24, 2.45) is 0 Å². The van der Waals surface area contributed by atoms with Crippen LogP contribution in [0.25, 0.3) is 22.3 Å². The summed E-state index contributed by atoms with van der Waals surface area (Å²) in [6.45, 7) is 1.69. The van der Waals surface area contributed by atoms with E-state index in [1.54, 1.807) is 30.5 Å². The standard InChI is InChI=1S/C52H63N15O6/c1-67(30-38-29-58-46-43(61-38)45(53)63-51(54)64-46)39-23-21-37(22-24-39)48(70)62-40(50(71)73-32-35-14-10-9-11-15-35)25-26-42(69)56-27-13-8-6-4-2-3-5-7-12-16-41(68)57-28-34-17-19-36(20-18-34)31-72-49-44-47(60-33-59-44)65-52(55)66-49/h9-11,14-15,17-24,29,33,40H,2-8,12-13,16,25-28,30-32H2,1H3,(H,56,69)(H,57,68)(H,62,70)(H4,53,54,58,63,64)(H3,55,59,60,65,66). The number of unbranched alkanes of at least 4 members (excludes halogenated alkanes) is 8. The summed E-state index contributed by atoms with van der Waals surface area (Å²) >= 11 is 0. The number of ether oxygens (including phenoxy) is 2. The fraction of sp³-hybridized carbons (Fsp3) is 0.365. The minimum absolute atomic E-state index is 0.0197. The van der Waals surface area contributed by atoms with E-state index in [2.05, 4.69) is 55.8 Å². The van der Waals surface area contributed by atoms with Gasteiger partial charge in [0.1, 0.15) is 24.8 Å². The lowest BCUT2D eigenvalue weighted by atomic mass is 10.1. The van der Waals surface area contributed by atoms with Gasteiger partial charge in [-0.05, 0) is 60.2 Å². The number of hydrogen-bond donors (Lipinski definition) is 7. The summed E-state index contributed by atoms with van der Waals surface area (Å²) in [5.74, 6) is -0.663. The average molecular weight is 994 g/mol. The van der Waals surface area contributed by atoms with Crippen molar-refractivity contribution in [3.05, 3.63) is 119 Å². The highest BCUT2D eigenvalue weighted by molar-refractivity contribution is 5.97. The first kappa shape index (κ1) is 52.3. The number of nitrogen functional groups attached to an aromatic ring is 3. The summed E-state index contributed by atoms with van der Waals surface area (Å²) in [7, 11) is 1.87. The molecule has 0 aliphatic rings. The zero-order chi connectivity index (χ0) is 51.4. The number of carbonyl (C=O) groups is 4. The van der Waals surface area contributed by atoms with E-state index in [0.29, 0.717) is 72.1 Å². The average Bonchev–Trinajstić information content (AvgIpc) is 3.87. The van der Waals surface area contributed by atoms with E-state index in [1.807, 2.05) is 66.5 Å². The van der Waals surface area contributed by atoms with Gasteiger partial charge in [-0.1, -0.05) is 99.5 Å². The monoisotopic (exact) mass is 994 g/mol. The van der Waals surface area contributed by atoms with Gasteiger partial charge in [-0.2, -0.15) is 19.9 Å². The summed E-state index contributed by atoms with van der Waals surface area (Å²) in [5, 5.41) is 8.76. The van der Waals surface area contributed by atoms with E-state index in [9.17, 15) is 19.2 Å². The van der Waals surface area contributed by atoms with Crippen molar-refractivity contribution in [3.63, 3.8) is 0 Å². The maximum absolute atomic E-state index is 13.5. The maximum Gasteiger partial charge on any atom is 0.328 e. The number of nitrogens with one attached hydrogen (secondary N) is 4. The molecule has 0 aliphatic carbocycles. The highest BCUT2D eigenvalue weighted by atomic mass is 16.5. The molecule has 0 saturated carbocycles. The number of anilines is 4. The molecule has 3 amide bonds. The molecule has 0 radical (unpaired) electrons. The number of aromatic nitrogens is 8. The second-order valence-electron chi connectivity index (χ2n) is 17.7. The Bertz CT molecular complexity index is 2920. The van der Waals surface area contributed by atoms with Gasteiger partial charge < -0.3 is 52.5 Å². The van der Waals surface area contributed by atoms with Crippen LogP contribution in [0.5, 0.6) is 5.88 Å². The summed E-state index contributed by atoms with van der Waals surface area (Å²) < 4.78 is 11.4. The number of nitrogens with zero attached hydrogens (tertiary/aromatic N) is 8. The first-order valence-corrected chi connectivity index (χ1v) is 24.5. The lowest BCUT2D eigenvalue weighted by Crippen LogP contribution is -2.42. The van der Waals surface area contributed by atoms with E-state index in [-0.39, 0.29) is 49.0 Å². The molecule has 4 heterocycles. The molecule has 1 atom stereocenters. The molecule has 1 unspecified atom stereocenters. The Kier molecular flexibility index (Phi) is 19.1. The number of amides is 3. The zero-order valence-electron chi connectivity index (χ0n) is 41.0. The van der Waals surface area contributed by atoms with Gasteiger partial charge in [-0.3, -0.25) is 14.4 Å². The number of aromatic amines is 1. The predicted octanol–water partition coefficient (Wildman–Crippen LogP) is 6.00. The van der Waals surface area contributed by atoms with E-state index >= 15 is 0 Å². The van der Waals surface area contributed by atoms with Gasteiger partial charge in [0, 0.05) is 44.2 Å². The largest absolute Gasteiger partial charge is 0.471 e. The summed E-state index contributed by atoms with van der Waals surface area (Å²) in [6, 6.07) is 22.9. The Morgan fingerprint density at radius 3 is 2.08 bits per heavy atom. The third kappa shape index (κ3) is 16.3. The first-order chi connectivity index (χ1) is 35.5. The number of H-pyrrole nitrogens is 1. The highest BCUT2D eigenvalue weighted by Crippen LogP contribution is 2.22. The molecular formula is C52H63N15O6. The number of rotatable bonds is 28. The normalized spacial score (nSPS) is 11.5. The van der Waals surface area contributed by atoms with Crippen LogP contribution in [0, 0.1) is 0 Å². The molecule has 7 aromatic rings. The summed E-state index contributed by atoms with van der Waals surface area (Å²) in [6.07, 6.45) is 12.9. The molecule has 21 heteroatoms. The zero-order valence-corrected chi connectivity index (χ0v) is 41.0. The van der Waals surface area contributed by atoms with Crippen LogP contribution >= 0.6 is 0 Å². The predicted molar refractivity (Wildman–Crippen MR) is 277 cm³/mol. The fourth-order valence-corrected chi connectivity index (χ4v) is 7.94. The van der Waals surface area contributed by atoms with Crippen LogP contribution in [0.3, 0.4) is 0 Å². The van der Waals surface area contributed by atoms with Gasteiger partial charge in [0.05, 0.1) is 24.8 Å². The third-order valence-corrected chi connectivity index (χ3v) is 12.0. The molecule has 3 aromatic carbocycles. The number of nitrogens with two attached hydrogens (primary N) is 3. The van der Waals surface area contributed by atoms with Crippen molar-refractivity contribution in [1.29, 1.82) is 0 Å². The number of benzene rings is 3. The van der Waals surface area contributed by atoms with Gasteiger partial charge in [-0.15, -0.1) is 0 Å². The number of hydrogen-bond acceptors (Lipinski definition) is 17. The van der Waals surface area contributed by atoms with Crippen LogP contribution < -0.4 is 42.8 Å². The highest BCUT2D eigenvalue weighted by Gasteiger charge is 2.24. The minimum atomic E-state index is -1.05. The molecule has 0 bridgehead atoms. The summed E-state index contributed by atoms with van der Waals surface area (Å²) in [5.41, 5.74) is 23.6. The molecule has 382 valence electrons. The van der Waals surface area contributed by atoms with E-state index < -0.39 is 17.9 Å². The molecule has 7 rings (SSSR count). The van der Waals surface area contributed by atoms with Crippen molar-refractivity contribution in [2.75, 3.05) is 35.7 Å². The summed E-state index contributed by atoms with van der Waals surface area (Å²) in [4.78, 5) is 86.3. The fourth-order valence-electron chi connectivity index (χ4n) is 7.94. The van der Waals surface area contributed by atoms with Crippen LogP contribution in [-0.4, -0.2) is 83.2 Å². The molecule has 4 aromatic heterocycles. The molecule has 73 heavy (non-hydrogen) atoms.